The van der Waals surface area contributed by atoms with E-state index in [1.165, 1.54) is 12.3 Å². The van der Waals surface area contributed by atoms with E-state index in [1.54, 1.807) is 37.3 Å². The summed E-state index contributed by atoms with van der Waals surface area (Å²) < 4.78 is 14.5. The predicted octanol–water partition coefficient (Wildman–Crippen LogP) is 4.67. The van der Waals surface area contributed by atoms with Crippen LogP contribution in [0.2, 0.25) is 5.02 Å². The number of pyridine rings is 1. The topological polar surface area (TPSA) is 71.1 Å². The van der Waals surface area contributed by atoms with Gasteiger partial charge in [0.2, 0.25) is 0 Å². The van der Waals surface area contributed by atoms with Gasteiger partial charge >= 0.3 is 0 Å². The molecule has 0 radical (unpaired) electrons. The number of benzene rings is 2. The fourth-order valence-corrected chi connectivity index (χ4v) is 3.27. The summed E-state index contributed by atoms with van der Waals surface area (Å²) >= 11 is 5.87. The SMILES string of the molecule is Cc1c(F)cc(C(=O)NC2CC2)cc1-c1ccc(C(=O)NCc2ccc(Cl)cc2)cn1. The Morgan fingerprint density at radius 3 is 2.45 bits per heavy atom. The summed E-state index contributed by atoms with van der Waals surface area (Å²) in [4.78, 5) is 29.1. The van der Waals surface area contributed by atoms with Crippen molar-refractivity contribution >= 4 is 23.4 Å². The third-order valence-corrected chi connectivity index (χ3v) is 5.44. The van der Waals surface area contributed by atoms with Gasteiger partial charge < -0.3 is 10.6 Å². The van der Waals surface area contributed by atoms with Crippen LogP contribution < -0.4 is 10.6 Å². The van der Waals surface area contributed by atoms with Crippen LogP contribution in [0.1, 0.15) is 44.7 Å². The van der Waals surface area contributed by atoms with Crippen molar-refractivity contribution in [2.45, 2.75) is 32.4 Å². The maximum Gasteiger partial charge on any atom is 0.253 e. The Balaban J connectivity index is 1.49. The molecule has 0 bridgehead atoms. The lowest BCUT2D eigenvalue weighted by Crippen LogP contribution is -2.25. The number of nitrogens with zero attached hydrogens (tertiary/aromatic N) is 1. The van der Waals surface area contributed by atoms with Gasteiger partial charge in [0.05, 0.1) is 11.3 Å². The molecule has 0 spiro atoms. The molecular formula is C24H21ClFN3O2. The molecule has 1 aliphatic carbocycles. The zero-order valence-corrected chi connectivity index (χ0v) is 17.7. The van der Waals surface area contributed by atoms with Crippen LogP contribution in [0.4, 0.5) is 4.39 Å². The van der Waals surface area contributed by atoms with E-state index in [-0.39, 0.29) is 23.4 Å². The van der Waals surface area contributed by atoms with E-state index in [0.29, 0.717) is 34.0 Å². The molecule has 1 heterocycles. The minimum absolute atomic E-state index is 0.184. The van der Waals surface area contributed by atoms with Gasteiger partial charge in [-0.15, -0.1) is 0 Å². The highest BCUT2D eigenvalue weighted by Crippen LogP contribution is 2.26. The molecule has 1 fully saturated rings. The number of hydrogen-bond acceptors (Lipinski definition) is 3. The number of rotatable bonds is 6. The van der Waals surface area contributed by atoms with Crippen molar-refractivity contribution in [2.75, 3.05) is 0 Å². The van der Waals surface area contributed by atoms with Crippen LogP contribution in [-0.4, -0.2) is 22.8 Å². The summed E-state index contributed by atoms with van der Waals surface area (Å²) in [7, 11) is 0. The zero-order valence-electron chi connectivity index (χ0n) is 16.9. The Bertz CT molecular complexity index is 1130. The summed E-state index contributed by atoms with van der Waals surface area (Å²) in [6.45, 7) is 2.00. The first-order valence-electron chi connectivity index (χ1n) is 10.0. The normalized spacial score (nSPS) is 13.0. The quantitative estimate of drug-likeness (QED) is 0.588. The largest absolute Gasteiger partial charge is 0.349 e. The van der Waals surface area contributed by atoms with Crippen LogP contribution in [0.15, 0.2) is 54.7 Å². The van der Waals surface area contributed by atoms with E-state index in [2.05, 4.69) is 15.6 Å². The number of halogens is 2. The molecule has 0 aliphatic heterocycles. The molecular weight excluding hydrogens is 417 g/mol. The first-order chi connectivity index (χ1) is 14.9. The van der Waals surface area contributed by atoms with Crippen LogP contribution in [0, 0.1) is 12.7 Å². The number of hydrogen-bond donors (Lipinski definition) is 2. The molecule has 7 heteroatoms. The smallest absolute Gasteiger partial charge is 0.253 e. The predicted molar refractivity (Wildman–Crippen MR) is 117 cm³/mol. The average Bonchev–Trinajstić information content (AvgIpc) is 3.59. The van der Waals surface area contributed by atoms with Crippen molar-refractivity contribution in [1.29, 1.82) is 0 Å². The minimum atomic E-state index is -0.468. The van der Waals surface area contributed by atoms with E-state index in [1.807, 2.05) is 12.1 Å². The summed E-state index contributed by atoms with van der Waals surface area (Å²) in [5, 5.41) is 6.33. The Morgan fingerprint density at radius 2 is 1.81 bits per heavy atom. The Hall–Kier alpha value is -3.25. The van der Waals surface area contributed by atoms with Crippen molar-refractivity contribution in [2.24, 2.45) is 0 Å². The number of aromatic nitrogens is 1. The van der Waals surface area contributed by atoms with E-state index in [9.17, 15) is 14.0 Å². The second kappa shape index (κ2) is 8.86. The molecule has 0 unspecified atom stereocenters. The molecule has 1 saturated carbocycles. The van der Waals surface area contributed by atoms with E-state index in [0.717, 1.165) is 18.4 Å². The van der Waals surface area contributed by atoms with Gasteiger partial charge in [-0.3, -0.25) is 14.6 Å². The Morgan fingerprint density at radius 1 is 1.06 bits per heavy atom. The summed E-state index contributed by atoms with van der Waals surface area (Å²) in [6.07, 6.45) is 3.35. The molecule has 1 aromatic heterocycles. The van der Waals surface area contributed by atoms with Gasteiger partial charge in [0, 0.05) is 34.9 Å². The molecule has 158 valence electrons. The van der Waals surface area contributed by atoms with Crippen LogP contribution >= 0.6 is 11.6 Å². The van der Waals surface area contributed by atoms with Gasteiger partial charge in [0.15, 0.2) is 0 Å². The van der Waals surface area contributed by atoms with Gasteiger partial charge in [-0.1, -0.05) is 23.7 Å². The van der Waals surface area contributed by atoms with E-state index < -0.39 is 5.82 Å². The lowest BCUT2D eigenvalue weighted by Gasteiger charge is -2.11. The third-order valence-electron chi connectivity index (χ3n) is 5.19. The molecule has 2 amide bonds. The molecule has 5 nitrogen and oxygen atoms in total. The highest BCUT2D eigenvalue weighted by molar-refractivity contribution is 6.30. The second-order valence-corrected chi connectivity index (χ2v) is 8.06. The van der Waals surface area contributed by atoms with Crippen molar-refractivity contribution in [3.8, 4) is 11.3 Å². The fourth-order valence-electron chi connectivity index (χ4n) is 3.15. The highest BCUT2D eigenvalue weighted by Gasteiger charge is 2.24. The van der Waals surface area contributed by atoms with E-state index in [4.69, 9.17) is 11.6 Å². The fraction of sp³-hybridized carbons (Fsp3) is 0.208. The lowest BCUT2D eigenvalue weighted by molar-refractivity contribution is 0.0942. The number of carbonyl (C=O) groups excluding carboxylic acids is 2. The van der Waals surface area contributed by atoms with E-state index >= 15 is 0 Å². The Labute approximate surface area is 184 Å². The van der Waals surface area contributed by atoms with Crippen molar-refractivity contribution in [1.82, 2.24) is 15.6 Å². The zero-order chi connectivity index (χ0) is 22.0. The monoisotopic (exact) mass is 437 g/mol. The summed E-state index contributed by atoms with van der Waals surface area (Å²) in [5.41, 5.74) is 2.99. The minimum Gasteiger partial charge on any atom is -0.349 e. The number of carbonyl (C=O) groups is 2. The number of nitrogens with one attached hydrogen (secondary N) is 2. The number of amides is 2. The standard InChI is InChI=1S/C24H21ClFN3O2/c1-14-20(10-17(11-21(14)26)24(31)29-19-7-8-19)22-9-4-16(13-27-22)23(30)28-12-15-2-5-18(25)6-3-15/h2-6,9-11,13,19H,7-8,12H2,1H3,(H,28,30)(H,29,31). The van der Waals surface area contributed by atoms with Gasteiger partial charge in [0.25, 0.3) is 11.8 Å². The maximum atomic E-state index is 14.5. The third kappa shape index (κ3) is 5.09. The molecule has 2 aromatic carbocycles. The van der Waals surface area contributed by atoms with Crippen molar-refractivity contribution < 1.29 is 14.0 Å². The summed E-state index contributed by atoms with van der Waals surface area (Å²) in [6, 6.07) is 13.6. The van der Waals surface area contributed by atoms with Gasteiger partial charge in [0.1, 0.15) is 5.82 Å². The molecule has 0 saturated heterocycles. The van der Waals surface area contributed by atoms with Crippen LogP contribution in [-0.2, 0) is 6.54 Å². The molecule has 3 aromatic rings. The highest BCUT2D eigenvalue weighted by atomic mass is 35.5. The first-order valence-corrected chi connectivity index (χ1v) is 10.4. The Kier molecular flexibility index (Phi) is 6.00. The first kappa shape index (κ1) is 21.0. The molecule has 0 atom stereocenters. The lowest BCUT2D eigenvalue weighted by atomic mass is 10.00. The van der Waals surface area contributed by atoms with Crippen molar-refractivity contribution in [3.63, 3.8) is 0 Å². The van der Waals surface area contributed by atoms with Crippen LogP contribution in [0.3, 0.4) is 0 Å². The summed E-state index contributed by atoms with van der Waals surface area (Å²) in [5.74, 6) is -1.03. The molecule has 2 N–H and O–H groups in total. The molecule has 31 heavy (non-hydrogen) atoms. The average molecular weight is 438 g/mol. The maximum absolute atomic E-state index is 14.5. The van der Waals surface area contributed by atoms with Gasteiger partial charge in [-0.05, 0) is 67.3 Å². The molecule has 1 aliphatic rings. The van der Waals surface area contributed by atoms with Gasteiger partial charge in [-0.25, -0.2) is 4.39 Å². The second-order valence-electron chi connectivity index (χ2n) is 7.62. The van der Waals surface area contributed by atoms with Crippen molar-refractivity contribution in [3.05, 3.63) is 87.8 Å². The van der Waals surface area contributed by atoms with Crippen LogP contribution in [0.25, 0.3) is 11.3 Å². The van der Waals surface area contributed by atoms with Gasteiger partial charge in [-0.2, -0.15) is 0 Å². The molecule has 4 rings (SSSR count). The van der Waals surface area contributed by atoms with Crippen LogP contribution in [0.5, 0.6) is 0 Å².